The van der Waals surface area contributed by atoms with E-state index in [2.05, 4.69) is 79.8 Å². The Balaban J connectivity index is 0.000000246. The van der Waals surface area contributed by atoms with Crippen molar-refractivity contribution in [1.29, 1.82) is 0 Å². The van der Waals surface area contributed by atoms with E-state index in [-0.39, 0.29) is 36.8 Å². The number of aliphatic hydroxyl groups is 1. The number of nitrogens with zero attached hydrogens (tertiary/aromatic N) is 2. The second-order valence-corrected chi connectivity index (χ2v) is 12.8. The van der Waals surface area contributed by atoms with Crippen LogP contribution in [0.2, 0.25) is 0 Å². The number of benzene rings is 4. The quantitative estimate of drug-likeness (QED) is 0.193. The number of rotatable bonds is 9. The summed E-state index contributed by atoms with van der Waals surface area (Å²) in [4.78, 5) is 31.5. The Morgan fingerprint density at radius 1 is 0.958 bits per heavy atom. The first-order valence-electron chi connectivity index (χ1n) is 15.5. The number of alkyl halides is 3. The molecule has 2 amide bonds. The van der Waals surface area contributed by atoms with Gasteiger partial charge in [0.2, 0.25) is 5.91 Å². The number of amides is 2. The molecule has 0 saturated heterocycles. The van der Waals surface area contributed by atoms with Gasteiger partial charge in [-0.3, -0.25) is 9.59 Å². The first-order chi connectivity index (χ1) is 22.9. The molecule has 4 aromatic rings. The highest BCUT2D eigenvalue weighted by Gasteiger charge is 2.30. The van der Waals surface area contributed by atoms with Crippen molar-refractivity contribution in [2.45, 2.75) is 42.3 Å². The van der Waals surface area contributed by atoms with Gasteiger partial charge in [-0.25, -0.2) is 0 Å². The molecule has 11 heteroatoms. The summed E-state index contributed by atoms with van der Waals surface area (Å²) in [7, 11) is 4.19. The SMILES string of the molecule is Cc1cccc(Sc2ccc(CN(C)C)cc2)c1.O=C(Cc1ccc(C(F)(F)F)cc1)Nc1cccc2c1OCCCN(CCO)C2=O. The maximum absolute atomic E-state index is 12.8. The Bertz CT molecular complexity index is 1660. The lowest BCUT2D eigenvalue weighted by atomic mass is 10.1. The number of β-amino-alcohol motifs (C(OH)–C–C–N with tert-alkyl or cyclic N) is 1. The van der Waals surface area contributed by atoms with Crippen LogP contribution in [-0.4, -0.2) is 67.1 Å². The summed E-state index contributed by atoms with van der Waals surface area (Å²) < 4.78 is 43.7. The Hall–Kier alpha value is -4.32. The van der Waals surface area contributed by atoms with E-state index in [1.807, 2.05) is 11.8 Å². The Labute approximate surface area is 283 Å². The molecule has 0 unspecified atom stereocenters. The number of nitrogens with one attached hydrogen (secondary N) is 1. The van der Waals surface area contributed by atoms with Crippen LogP contribution in [0.25, 0.3) is 0 Å². The van der Waals surface area contributed by atoms with Crippen molar-refractivity contribution in [2.75, 3.05) is 45.7 Å². The molecule has 0 aromatic heterocycles. The fraction of sp³-hybridized carbons (Fsp3) is 0.297. The molecule has 0 spiro atoms. The standard InChI is InChI=1S/C21H21F3N2O4.C16H19NS/c22-21(23,24)15-7-5-14(6-8-15)13-18(28)25-17-4-1-3-16-19(17)30-12-2-9-26(10-11-27)20(16)29;1-13-5-4-6-16(11-13)18-15-9-7-14(8-10-15)12-17(2)3/h1,3-8,27H,2,9-13H2,(H,25,28);4-11H,12H2,1-3H3. The lowest BCUT2D eigenvalue weighted by Gasteiger charge is -2.26. The van der Waals surface area contributed by atoms with Gasteiger partial charge < -0.3 is 25.0 Å². The third-order valence-corrected chi connectivity index (χ3v) is 8.29. The van der Waals surface area contributed by atoms with E-state index in [1.165, 1.54) is 38.0 Å². The van der Waals surface area contributed by atoms with Gasteiger partial charge in [0, 0.05) is 29.4 Å². The third kappa shape index (κ3) is 10.9. The summed E-state index contributed by atoms with van der Waals surface area (Å²) in [5.74, 6) is -0.517. The van der Waals surface area contributed by atoms with Crippen LogP contribution < -0.4 is 10.1 Å². The van der Waals surface area contributed by atoms with Crippen molar-refractivity contribution >= 4 is 29.3 Å². The molecule has 7 nitrogen and oxygen atoms in total. The van der Waals surface area contributed by atoms with Gasteiger partial charge in [0.25, 0.3) is 5.91 Å². The van der Waals surface area contributed by atoms with E-state index in [1.54, 1.807) is 18.2 Å². The molecule has 1 heterocycles. The maximum atomic E-state index is 12.8. The van der Waals surface area contributed by atoms with Crippen molar-refractivity contribution < 1.29 is 32.6 Å². The van der Waals surface area contributed by atoms with Crippen LogP contribution in [0.15, 0.2) is 101 Å². The zero-order valence-corrected chi connectivity index (χ0v) is 28.0. The van der Waals surface area contributed by atoms with E-state index in [9.17, 15) is 27.9 Å². The van der Waals surface area contributed by atoms with Gasteiger partial charge in [0.05, 0.1) is 36.4 Å². The first-order valence-corrected chi connectivity index (χ1v) is 16.3. The molecule has 1 aliphatic rings. The Morgan fingerprint density at radius 3 is 2.29 bits per heavy atom. The molecule has 0 bridgehead atoms. The molecule has 254 valence electrons. The average Bonchev–Trinajstić information content (AvgIpc) is 3.03. The van der Waals surface area contributed by atoms with Gasteiger partial charge >= 0.3 is 6.18 Å². The highest BCUT2D eigenvalue weighted by molar-refractivity contribution is 7.99. The van der Waals surface area contributed by atoms with Crippen molar-refractivity contribution in [3.63, 3.8) is 0 Å². The number of ether oxygens (including phenoxy) is 1. The number of carbonyl (C=O) groups excluding carboxylic acids is 2. The monoisotopic (exact) mass is 679 g/mol. The average molecular weight is 680 g/mol. The fourth-order valence-electron chi connectivity index (χ4n) is 5.03. The minimum atomic E-state index is -4.44. The van der Waals surface area contributed by atoms with Gasteiger partial charge in [-0.15, -0.1) is 0 Å². The second-order valence-electron chi connectivity index (χ2n) is 11.6. The molecule has 48 heavy (non-hydrogen) atoms. The number of carbonyl (C=O) groups is 2. The lowest BCUT2D eigenvalue weighted by Crippen LogP contribution is -2.36. The van der Waals surface area contributed by atoms with Gasteiger partial charge in [0.1, 0.15) is 0 Å². The van der Waals surface area contributed by atoms with Gasteiger partial charge in [-0.2, -0.15) is 13.2 Å². The number of fused-ring (bicyclic) bond motifs is 1. The summed E-state index contributed by atoms with van der Waals surface area (Å²) in [5, 5.41) is 11.8. The lowest BCUT2D eigenvalue weighted by molar-refractivity contribution is -0.137. The third-order valence-electron chi connectivity index (χ3n) is 7.29. The number of hydrogen-bond donors (Lipinski definition) is 2. The zero-order valence-electron chi connectivity index (χ0n) is 27.2. The molecule has 5 rings (SSSR count). The van der Waals surface area contributed by atoms with Crippen LogP contribution in [0.4, 0.5) is 18.9 Å². The van der Waals surface area contributed by atoms with Crippen molar-refractivity contribution in [3.05, 3.63) is 119 Å². The predicted octanol–water partition coefficient (Wildman–Crippen LogP) is 7.31. The molecule has 0 fully saturated rings. The van der Waals surface area contributed by atoms with Crippen LogP contribution in [0, 0.1) is 6.92 Å². The topological polar surface area (TPSA) is 82.1 Å². The molecule has 0 radical (unpaired) electrons. The summed E-state index contributed by atoms with van der Waals surface area (Å²) in [6.45, 7) is 3.94. The zero-order chi connectivity index (χ0) is 34.7. The van der Waals surface area contributed by atoms with Crippen LogP contribution in [0.5, 0.6) is 5.75 Å². The van der Waals surface area contributed by atoms with Crippen LogP contribution in [0.3, 0.4) is 0 Å². The molecule has 0 aliphatic carbocycles. The Morgan fingerprint density at radius 2 is 1.65 bits per heavy atom. The number of halogens is 3. The second kappa shape index (κ2) is 17.2. The smallest absolute Gasteiger partial charge is 0.416 e. The number of anilines is 1. The number of hydrogen-bond acceptors (Lipinski definition) is 6. The van der Waals surface area contributed by atoms with Crippen molar-refractivity contribution in [1.82, 2.24) is 9.80 Å². The molecular weight excluding hydrogens is 639 g/mol. The maximum Gasteiger partial charge on any atom is 0.416 e. The normalized spacial score (nSPS) is 13.1. The van der Waals surface area contributed by atoms with Gasteiger partial charge in [-0.1, -0.05) is 59.8 Å². The minimum Gasteiger partial charge on any atom is -0.490 e. The largest absolute Gasteiger partial charge is 0.490 e. The number of para-hydroxylation sites is 1. The first kappa shape index (κ1) is 36.5. The van der Waals surface area contributed by atoms with E-state index in [0.29, 0.717) is 30.8 Å². The van der Waals surface area contributed by atoms with Crippen LogP contribution >= 0.6 is 11.8 Å². The van der Waals surface area contributed by atoms with Crippen molar-refractivity contribution in [2.24, 2.45) is 0 Å². The summed E-state index contributed by atoms with van der Waals surface area (Å²) in [5.41, 5.74) is 2.89. The highest BCUT2D eigenvalue weighted by Crippen LogP contribution is 2.33. The molecule has 0 atom stereocenters. The van der Waals surface area contributed by atoms with Crippen LogP contribution in [-0.2, 0) is 23.9 Å². The Kier molecular flexibility index (Phi) is 13.1. The predicted molar refractivity (Wildman–Crippen MR) is 182 cm³/mol. The van der Waals surface area contributed by atoms with E-state index in [4.69, 9.17) is 4.74 Å². The van der Waals surface area contributed by atoms with Crippen molar-refractivity contribution in [3.8, 4) is 5.75 Å². The van der Waals surface area contributed by atoms with E-state index >= 15 is 0 Å². The molecule has 1 aliphatic heterocycles. The summed E-state index contributed by atoms with van der Waals surface area (Å²) in [6, 6.07) is 26.6. The molecular formula is C37H40F3N3O4S. The molecule has 4 aromatic carbocycles. The van der Waals surface area contributed by atoms with E-state index < -0.39 is 17.6 Å². The fourth-order valence-corrected chi connectivity index (χ4v) is 5.97. The van der Waals surface area contributed by atoms with E-state index in [0.717, 1.165) is 18.7 Å². The van der Waals surface area contributed by atoms with Crippen LogP contribution in [0.1, 0.15) is 39.0 Å². The number of aliphatic hydroxyl groups excluding tert-OH is 1. The minimum absolute atomic E-state index is 0.133. The van der Waals surface area contributed by atoms with Gasteiger partial charge in [0.15, 0.2) is 5.75 Å². The highest BCUT2D eigenvalue weighted by atomic mass is 32.2. The summed E-state index contributed by atoms with van der Waals surface area (Å²) in [6.07, 6.45) is -4.00. The molecule has 0 saturated carbocycles. The summed E-state index contributed by atoms with van der Waals surface area (Å²) >= 11 is 1.82. The molecule has 2 N–H and O–H groups in total. The van der Waals surface area contributed by atoms with Gasteiger partial charge in [-0.05, 0) is 87.1 Å². The number of aryl methyl sites for hydroxylation is 1.